The van der Waals surface area contributed by atoms with Crippen molar-refractivity contribution in [2.24, 2.45) is 0 Å². The van der Waals surface area contributed by atoms with E-state index in [4.69, 9.17) is 0 Å². The second-order valence-corrected chi connectivity index (χ2v) is 4.57. The molecule has 0 radical (unpaired) electrons. The average molecular weight is 254 g/mol. The maximum atomic E-state index is 9.94. The summed E-state index contributed by atoms with van der Waals surface area (Å²) in [7, 11) is 0. The molecule has 0 saturated heterocycles. The third-order valence-electron chi connectivity index (χ3n) is 3.55. The lowest BCUT2D eigenvalue weighted by molar-refractivity contribution is 0.205. The van der Waals surface area contributed by atoms with Crippen LogP contribution in [0.15, 0.2) is 54.6 Å². The summed E-state index contributed by atoms with van der Waals surface area (Å²) < 4.78 is 0. The Labute approximate surface area is 110 Å². The summed E-state index contributed by atoms with van der Waals surface area (Å²) >= 11 is 0. The molecular weight excluding hydrogens is 240 g/mol. The summed E-state index contributed by atoms with van der Waals surface area (Å²) in [6, 6.07) is 10.0. The molecule has 2 aromatic rings. The van der Waals surface area contributed by atoms with E-state index < -0.39 is 5.41 Å². The van der Waals surface area contributed by atoms with Crippen LogP contribution in [0.5, 0.6) is 0 Å². The number of aromatic nitrogens is 4. The Morgan fingerprint density at radius 1 is 1.21 bits per heavy atom. The predicted molar refractivity (Wildman–Crippen MR) is 70.4 cm³/mol. The molecule has 1 aromatic heterocycles. The Bertz CT molecular complexity index is 591. The van der Waals surface area contributed by atoms with Gasteiger partial charge in [-0.15, -0.1) is 10.2 Å². The van der Waals surface area contributed by atoms with Crippen molar-refractivity contribution in [2.45, 2.75) is 11.3 Å². The predicted octanol–water partition coefficient (Wildman–Crippen LogP) is 1.34. The minimum atomic E-state index is -0.664. The second-order valence-electron chi connectivity index (χ2n) is 4.57. The molecule has 0 saturated carbocycles. The Balaban J connectivity index is 2.11. The smallest absolute Gasteiger partial charge is 0.187 e. The van der Waals surface area contributed by atoms with E-state index in [1.54, 1.807) is 0 Å². The molecule has 0 fully saturated rings. The summed E-state index contributed by atoms with van der Waals surface area (Å²) in [4.78, 5) is 0. The maximum absolute atomic E-state index is 9.94. The van der Waals surface area contributed by atoms with Gasteiger partial charge in [-0.1, -0.05) is 59.8 Å². The number of hydrogen-bond donors (Lipinski definition) is 2. The van der Waals surface area contributed by atoms with Crippen LogP contribution in [0.4, 0.5) is 0 Å². The van der Waals surface area contributed by atoms with Crippen molar-refractivity contribution in [1.29, 1.82) is 0 Å². The molecule has 19 heavy (non-hydrogen) atoms. The molecule has 3 rings (SSSR count). The minimum absolute atomic E-state index is 0.0127. The van der Waals surface area contributed by atoms with Crippen LogP contribution in [0, 0.1) is 0 Å². The Kier molecular flexibility index (Phi) is 2.97. The second kappa shape index (κ2) is 4.78. The van der Waals surface area contributed by atoms with Crippen LogP contribution in [0.2, 0.25) is 0 Å². The first kappa shape index (κ1) is 11.8. The van der Waals surface area contributed by atoms with Crippen molar-refractivity contribution >= 4 is 0 Å². The van der Waals surface area contributed by atoms with Crippen molar-refractivity contribution in [3.8, 4) is 0 Å². The van der Waals surface area contributed by atoms with Crippen LogP contribution in [0.1, 0.15) is 17.3 Å². The van der Waals surface area contributed by atoms with E-state index in [-0.39, 0.29) is 12.5 Å². The van der Waals surface area contributed by atoms with Crippen LogP contribution in [0.25, 0.3) is 0 Å². The molecule has 0 aliphatic heterocycles. The fraction of sp³-hybridized carbons (Fsp3) is 0.214. The third-order valence-corrected chi connectivity index (χ3v) is 3.55. The lowest BCUT2D eigenvalue weighted by atomic mass is 9.69. The molecular formula is C14H14N4O. The van der Waals surface area contributed by atoms with Gasteiger partial charge in [0.2, 0.25) is 0 Å². The number of aliphatic hydroxyl groups is 1. The molecule has 0 amide bonds. The quantitative estimate of drug-likeness (QED) is 0.866. The number of benzene rings is 1. The molecule has 1 heterocycles. The molecule has 1 aliphatic carbocycles. The van der Waals surface area contributed by atoms with E-state index in [9.17, 15) is 5.11 Å². The summed E-state index contributed by atoms with van der Waals surface area (Å²) in [5.74, 6) is 0.491. The first-order valence-electron chi connectivity index (χ1n) is 6.12. The van der Waals surface area contributed by atoms with Gasteiger partial charge in [0, 0.05) is 5.92 Å². The molecule has 2 atom stereocenters. The zero-order valence-corrected chi connectivity index (χ0v) is 10.3. The lowest BCUT2D eigenvalue weighted by Crippen LogP contribution is -2.37. The fourth-order valence-corrected chi connectivity index (χ4v) is 2.54. The zero-order valence-electron chi connectivity index (χ0n) is 10.3. The van der Waals surface area contributed by atoms with Crippen LogP contribution < -0.4 is 0 Å². The van der Waals surface area contributed by atoms with E-state index in [1.165, 1.54) is 0 Å². The highest BCUT2D eigenvalue weighted by Gasteiger charge is 2.42. The molecule has 5 nitrogen and oxygen atoms in total. The largest absolute Gasteiger partial charge is 0.395 e. The number of H-pyrrole nitrogens is 1. The highest BCUT2D eigenvalue weighted by atomic mass is 16.3. The number of allylic oxidation sites excluding steroid dienone is 3. The molecule has 1 aromatic carbocycles. The standard InChI is InChI=1S/C14H14N4O/c19-10-14(13-15-17-18-16-13)9-5-4-8-12(14)11-6-2-1-3-7-11/h1-9,12,19H,10H2,(H,15,16,17,18)/t12-,14+/m0/s1. The Hall–Kier alpha value is -2.27. The number of tetrazole rings is 1. The van der Waals surface area contributed by atoms with Crippen LogP contribution >= 0.6 is 0 Å². The fourth-order valence-electron chi connectivity index (χ4n) is 2.54. The van der Waals surface area contributed by atoms with Gasteiger partial charge in [0.1, 0.15) is 0 Å². The number of aliphatic hydroxyl groups excluding tert-OH is 1. The maximum Gasteiger partial charge on any atom is 0.187 e. The van der Waals surface area contributed by atoms with Gasteiger partial charge in [-0.3, -0.25) is 0 Å². The molecule has 5 heteroatoms. The zero-order chi connectivity index (χ0) is 13.1. The van der Waals surface area contributed by atoms with Crippen molar-refractivity contribution < 1.29 is 5.11 Å². The van der Waals surface area contributed by atoms with Crippen molar-refractivity contribution in [1.82, 2.24) is 20.6 Å². The Morgan fingerprint density at radius 3 is 2.74 bits per heavy atom. The van der Waals surface area contributed by atoms with E-state index in [0.29, 0.717) is 5.82 Å². The first-order chi connectivity index (χ1) is 9.37. The van der Waals surface area contributed by atoms with E-state index >= 15 is 0 Å². The first-order valence-corrected chi connectivity index (χ1v) is 6.12. The summed E-state index contributed by atoms with van der Waals surface area (Å²) in [6.07, 6.45) is 7.88. The van der Waals surface area contributed by atoms with E-state index in [1.807, 2.05) is 48.6 Å². The molecule has 0 bridgehead atoms. The number of nitrogens with one attached hydrogen (secondary N) is 1. The van der Waals surface area contributed by atoms with Gasteiger partial charge >= 0.3 is 0 Å². The number of nitrogens with zero attached hydrogens (tertiary/aromatic N) is 3. The van der Waals surface area contributed by atoms with Crippen LogP contribution in [-0.2, 0) is 5.41 Å². The van der Waals surface area contributed by atoms with Crippen molar-refractivity contribution in [3.63, 3.8) is 0 Å². The van der Waals surface area contributed by atoms with Crippen LogP contribution in [-0.4, -0.2) is 32.3 Å². The molecule has 96 valence electrons. The number of rotatable bonds is 3. The van der Waals surface area contributed by atoms with Crippen molar-refractivity contribution in [2.75, 3.05) is 6.61 Å². The highest BCUT2D eigenvalue weighted by molar-refractivity contribution is 5.40. The van der Waals surface area contributed by atoms with Gasteiger partial charge in [0.15, 0.2) is 5.82 Å². The highest BCUT2D eigenvalue weighted by Crippen LogP contribution is 2.41. The molecule has 2 N–H and O–H groups in total. The normalized spacial score (nSPS) is 25.6. The monoisotopic (exact) mass is 254 g/mol. The summed E-state index contributed by atoms with van der Waals surface area (Å²) in [6.45, 7) is -0.0765. The lowest BCUT2D eigenvalue weighted by Gasteiger charge is -2.34. The van der Waals surface area contributed by atoms with Gasteiger partial charge in [0.25, 0.3) is 0 Å². The topological polar surface area (TPSA) is 74.7 Å². The molecule has 0 spiro atoms. The minimum Gasteiger partial charge on any atom is -0.395 e. The summed E-state index contributed by atoms with van der Waals surface area (Å²) in [5.41, 5.74) is 0.449. The van der Waals surface area contributed by atoms with E-state index in [2.05, 4.69) is 26.7 Å². The molecule has 0 unspecified atom stereocenters. The SMILES string of the molecule is OC[C@]1(c2nn[nH]n2)C=CC=C[C@H]1c1ccccc1. The van der Waals surface area contributed by atoms with Gasteiger partial charge in [-0.25, -0.2) is 0 Å². The third kappa shape index (κ3) is 1.88. The van der Waals surface area contributed by atoms with Crippen LogP contribution in [0.3, 0.4) is 0 Å². The van der Waals surface area contributed by atoms with E-state index in [0.717, 1.165) is 5.56 Å². The van der Waals surface area contributed by atoms with Gasteiger partial charge < -0.3 is 5.11 Å². The van der Waals surface area contributed by atoms with Gasteiger partial charge in [-0.2, -0.15) is 5.21 Å². The van der Waals surface area contributed by atoms with Gasteiger partial charge in [0.05, 0.1) is 12.0 Å². The Morgan fingerprint density at radius 2 is 2.05 bits per heavy atom. The molecule has 1 aliphatic rings. The van der Waals surface area contributed by atoms with Crippen molar-refractivity contribution in [3.05, 3.63) is 66.0 Å². The van der Waals surface area contributed by atoms with Gasteiger partial charge in [-0.05, 0) is 5.56 Å². The summed E-state index contributed by atoms with van der Waals surface area (Å²) in [5, 5.41) is 24.1. The number of aromatic amines is 1. The number of hydrogen-bond acceptors (Lipinski definition) is 4. The average Bonchev–Trinajstić information content (AvgIpc) is 3.03.